The molecule has 3 heteroatoms. The van der Waals surface area contributed by atoms with E-state index in [9.17, 15) is 13.2 Å². The highest BCUT2D eigenvalue weighted by Gasteiger charge is 2.24. The van der Waals surface area contributed by atoms with Crippen molar-refractivity contribution < 1.29 is 13.2 Å². The van der Waals surface area contributed by atoms with E-state index in [-0.39, 0.29) is 0 Å². The Balaban J connectivity index is 1.36. The summed E-state index contributed by atoms with van der Waals surface area (Å²) in [7, 11) is 0. The maximum Gasteiger partial charge on any atom is 0.194 e. The third kappa shape index (κ3) is 4.61. The molecule has 1 saturated carbocycles. The van der Waals surface area contributed by atoms with Gasteiger partial charge in [0.15, 0.2) is 17.5 Å². The molecule has 4 rings (SSSR count). The van der Waals surface area contributed by atoms with Crippen LogP contribution in [0, 0.1) is 23.4 Å². The molecule has 0 N–H and O–H groups in total. The molecule has 1 aliphatic carbocycles. The SMILES string of the molecule is C[C@@H](CC1CCC(c2ccc(-c3cc(F)c(F)c(F)c3)cc2)CC1)c1ccccc1. The molecule has 0 unspecified atom stereocenters. The van der Waals surface area contributed by atoms with Gasteiger partial charge < -0.3 is 0 Å². The molecule has 0 nitrogen and oxygen atoms in total. The van der Waals surface area contributed by atoms with Crippen LogP contribution in [0.15, 0.2) is 66.7 Å². The van der Waals surface area contributed by atoms with E-state index in [0.29, 0.717) is 23.0 Å². The third-order valence-electron chi connectivity index (χ3n) is 6.60. The lowest BCUT2D eigenvalue weighted by Gasteiger charge is -2.30. The van der Waals surface area contributed by atoms with Gasteiger partial charge in [-0.25, -0.2) is 13.2 Å². The average Bonchev–Trinajstić information content (AvgIpc) is 2.78. The highest BCUT2D eigenvalue weighted by Crippen LogP contribution is 2.40. The van der Waals surface area contributed by atoms with Gasteiger partial charge in [-0.2, -0.15) is 0 Å². The molecule has 0 radical (unpaired) electrons. The van der Waals surface area contributed by atoms with E-state index in [0.717, 1.165) is 18.1 Å². The molecular weight excluding hydrogens is 381 g/mol. The van der Waals surface area contributed by atoms with E-state index in [1.54, 1.807) is 0 Å². The lowest BCUT2D eigenvalue weighted by molar-refractivity contribution is 0.297. The Bertz CT molecular complexity index is 948. The van der Waals surface area contributed by atoms with Gasteiger partial charge >= 0.3 is 0 Å². The minimum atomic E-state index is -1.42. The molecule has 0 bridgehead atoms. The standard InChI is InChI=1S/C27H27F3/c1-18(20-5-3-2-4-6-20)15-19-7-9-21(10-8-19)22-11-13-23(14-12-22)24-16-25(28)27(30)26(29)17-24/h2-6,11-14,16-19,21H,7-10,15H2,1H3/t18-,19?,21?/m0/s1. The number of rotatable bonds is 5. The average molecular weight is 409 g/mol. The first-order valence-electron chi connectivity index (χ1n) is 10.8. The van der Waals surface area contributed by atoms with Crippen LogP contribution in [0.2, 0.25) is 0 Å². The maximum absolute atomic E-state index is 13.5. The Labute approximate surface area is 176 Å². The zero-order valence-corrected chi connectivity index (χ0v) is 17.3. The molecule has 30 heavy (non-hydrogen) atoms. The van der Waals surface area contributed by atoms with Gasteiger partial charge in [0.05, 0.1) is 0 Å². The molecule has 0 aliphatic heterocycles. The molecule has 0 amide bonds. The number of hydrogen-bond donors (Lipinski definition) is 0. The largest absolute Gasteiger partial charge is 0.204 e. The number of hydrogen-bond acceptors (Lipinski definition) is 0. The van der Waals surface area contributed by atoms with Crippen LogP contribution in [0.5, 0.6) is 0 Å². The van der Waals surface area contributed by atoms with Crippen molar-refractivity contribution in [3.05, 3.63) is 95.3 Å². The van der Waals surface area contributed by atoms with Gasteiger partial charge in [-0.3, -0.25) is 0 Å². The van der Waals surface area contributed by atoms with Crippen LogP contribution in [0.25, 0.3) is 11.1 Å². The summed E-state index contributed by atoms with van der Waals surface area (Å²) in [6, 6.07) is 20.7. The van der Waals surface area contributed by atoms with E-state index >= 15 is 0 Å². The minimum Gasteiger partial charge on any atom is -0.204 e. The van der Waals surface area contributed by atoms with Gasteiger partial charge in [0.2, 0.25) is 0 Å². The summed E-state index contributed by atoms with van der Waals surface area (Å²) < 4.78 is 40.2. The fourth-order valence-corrected chi connectivity index (χ4v) is 4.82. The van der Waals surface area contributed by atoms with Crippen molar-refractivity contribution in [2.24, 2.45) is 5.92 Å². The minimum absolute atomic E-state index is 0.358. The second-order valence-electron chi connectivity index (χ2n) is 8.64. The van der Waals surface area contributed by atoms with Crippen LogP contribution in [-0.4, -0.2) is 0 Å². The second-order valence-corrected chi connectivity index (χ2v) is 8.64. The van der Waals surface area contributed by atoms with E-state index < -0.39 is 17.5 Å². The van der Waals surface area contributed by atoms with Crippen molar-refractivity contribution in [3.8, 4) is 11.1 Å². The monoisotopic (exact) mass is 408 g/mol. The zero-order chi connectivity index (χ0) is 21.1. The molecule has 0 spiro atoms. The number of benzene rings is 3. The zero-order valence-electron chi connectivity index (χ0n) is 17.3. The van der Waals surface area contributed by atoms with Gasteiger partial charge in [0.1, 0.15) is 0 Å². The molecule has 1 fully saturated rings. The van der Waals surface area contributed by atoms with Crippen molar-refractivity contribution in [2.75, 3.05) is 0 Å². The van der Waals surface area contributed by atoms with Gasteiger partial charge in [0.25, 0.3) is 0 Å². The predicted octanol–water partition coefficient (Wildman–Crippen LogP) is 8.24. The van der Waals surface area contributed by atoms with Crippen molar-refractivity contribution in [1.82, 2.24) is 0 Å². The van der Waals surface area contributed by atoms with Crippen LogP contribution < -0.4 is 0 Å². The van der Waals surface area contributed by atoms with Crippen LogP contribution in [-0.2, 0) is 0 Å². The molecule has 3 aromatic rings. The number of halogens is 3. The van der Waals surface area contributed by atoms with Crippen LogP contribution in [0.4, 0.5) is 13.2 Å². The summed E-state index contributed by atoms with van der Waals surface area (Å²) in [4.78, 5) is 0. The Kier molecular flexibility index (Phi) is 6.26. The summed E-state index contributed by atoms with van der Waals surface area (Å²) in [6.45, 7) is 2.32. The van der Waals surface area contributed by atoms with Crippen molar-refractivity contribution in [3.63, 3.8) is 0 Å². The lowest BCUT2D eigenvalue weighted by atomic mass is 9.75. The topological polar surface area (TPSA) is 0 Å². The van der Waals surface area contributed by atoms with E-state index in [2.05, 4.69) is 37.3 Å². The molecular formula is C27H27F3. The Morgan fingerprint density at radius 3 is 1.97 bits per heavy atom. The summed E-state index contributed by atoms with van der Waals surface area (Å²) >= 11 is 0. The highest BCUT2D eigenvalue weighted by molar-refractivity contribution is 5.64. The van der Waals surface area contributed by atoms with E-state index in [1.165, 1.54) is 43.2 Å². The van der Waals surface area contributed by atoms with Crippen molar-refractivity contribution in [1.29, 1.82) is 0 Å². The van der Waals surface area contributed by atoms with Crippen LogP contribution in [0.3, 0.4) is 0 Å². The van der Waals surface area contributed by atoms with Crippen LogP contribution in [0.1, 0.15) is 62.0 Å². The maximum atomic E-state index is 13.5. The normalized spacial score (nSPS) is 20.1. The molecule has 156 valence electrons. The summed E-state index contributed by atoms with van der Waals surface area (Å²) in [5.41, 5.74) is 3.75. The van der Waals surface area contributed by atoms with Gasteiger partial charge in [0, 0.05) is 0 Å². The predicted molar refractivity (Wildman–Crippen MR) is 116 cm³/mol. The van der Waals surface area contributed by atoms with Crippen molar-refractivity contribution in [2.45, 2.75) is 50.9 Å². The van der Waals surface area contributed by atoms with Crippen LogP contribution >= 0.6 is 0 Å². The Morgan fingerprint density at radius 1 is 0.767 bits per heavy atom. The first-order valence-corrected chi connectivity index (χ1v) is 10.8. The molecule has 1 atom stereocenters. The summed E-state index contributed by atoms with van der Waals surface area (Å²) in [6.07, 6.45) is 6.05. The fourth-order valence-electron chi connectivity index (χ4n) is 4.82. The first kappa shape index (κ1) is 20.7. The molecule has 0 aromatic heterocycles. The molecule has 3 aromatic carbocycles. The first-order chi connectivity index (χ1) is 14.5. The second kappa shape index (κ2) is 9.07. The summed E-state index contributed by atoms with van der Waals surface area (Å²) in [5.74, 6) is -1.85. The van der Waals surface area contributed by atoms with Gasteiger partial charge in [-0.05, 0) is 84.2 Å². The smallest absolute Gasteiger partial charge is 0.194 e. The summed E-state index contributed by atoms with van der Waals surface area (Å²) in [5, 5.41) is 0. The van der Waals surface area contributed by atoms with E-state index in [1.807, 2.05) is 24.3 Å². The van der Waals surface area contributed by atoms with Gasteiger partial charge in [-0.15, -0.1) is 0 Å². The Morgan fingerprint density at radius 2 is 1.37 bits per heavy atom. The molecule has 0 heterocycles. The van der Waals surface area contributed by atoms with E-state index in [4.69, 9.17) is 0 Å². The lowest BCUT2D eigenvalue weighted by Crippen LogP contribution is -2.15. The molecule has 0 saturated heterocycles. The Hall–Kier alpha value is -2.55. The highest BCUT2D eigenvalue weighted by atomic mass is 19.2. The molecule has 1 aliphatic rings. The fraction of sp³-hybridized carbons (Fsp3) is 0.333. The van der Waals surface area contributed by atoms with Crippen molar-refractivity contribution >= 4 is 0 Å². The van der Waals surface area contributed by atoms with Gasteiger partial charge in [-0.1, -0.05) is 61.5 Å². The quantitative estimate of drug-likeness (QED) is 0.373. The third-order valence-corrected chi connectivity index (χ3v) is 6.60.